The number of likely N-dealkylation sites (tertiary alicyclic amines) is 1. The first-order valence-electron chi connectivity index (χ1n) is 9.65. The number of nitrogens with zero attached hydrogens (tertiary/aromatic N) is 4. The van der Waals surface area contributed by atoms with Crippen LogP contribution in [0.25, 0.3) is 5.69 Å². The number of aromatic nitrogens is 3. The van der Waals surface area contributed by atoms with Crippen molar-refractivity contribution in [3.8, 4) is 5.69 Å². The van der Waals surface area contributed by atoms with Crippen LogP contribution in [-0.2, 0) is 6.54 Å². The quantitative estimate of drug-likeness (QED) is 0.708. The average Bonchev–Trinajstić information content (AvgIpc) is 3.31. The summed E-state index contributed by atoms with van der Waals surface area (Å²) in [5, 5.41) is 9.84. The van der Waals surface area contributed by atoms with Gasteiger partial charge >= 0.3 is 0 Å². The van der Waals surface area contributed by atoms with Crippen LogP contribution in [0.5, 0.6) is 0 Å². The van der Waals surface area contributed by atoms with Gasteiger partial charge in [-0.15, -0.1) is 11.3 Å². The molecular weight excluding hydrogens is 370 g/mol. The van der Waals surface area contributed by atoms with Gasteiger partial charge in [0.25, 0.3) is 5.91 Å². The highest BCUT2D eigenvalue weighted by Crippen LogP contribution is 2.24. The summed E-state index contributed by atoms with van der Waals surface area (Å²) in [6.45, 7) is 7.69. The molecule has 1 saturated heterocycles. The number of para-hydroxylation sites is 1. The Morgan fingerprint density at radius 2 is 1.96 bits per heavy atom. The van der Waals surface area contributed by atoms with Gasteiger partial charge in [0.15, 0.2) is 5.13 Å². The molecule has 0 radical (unpaired) electrons. The van der Waals surface area contributed by atoms with Crippen molar-refractivity contribution in [3.63, 3.8) is 0 Å². The number of benzene rings is 1. The first-order valence-corrected chi connectivity index (χ1v) is 10.5. The van der Waals surface area contributed by atoms with Crippen molar-refractivity contribution in [1.29, 1.82) is 0 Å². The number of anilines is 1. The Bertz CT molecular complexity index is 925. The number of amides is 1. The number of carbonyl (C=O) groups excluding carboxylic acids is 1. The third kappa shape index (κ3) is 4.48. The van der Waals surface area contributed by atoms with Crippen LogP contribution in [0.1, 0.15) is 36.3 Å². The number of hydrogen-bond donors (Lipinski definition) is 1. The van der Waals surface area contributed by atoms with E-state index in [-0.39, 0.29) is 5.91 Å². The van der Waals surface area contributed by atoms with E-state index >= 15 is 0 Å². The van der Waals surface area contributed by atoms with Crippen molar-refractivity contribution >= 4 is 22.4 Å². The summed E-state index contributed by atoms with van der Waals surface area (Å²) in [4.78, 5) is 19.6. The molecule has 1 fully saturated rings. The zero-order valence-electron chi connectivity index (χ0n) is 16.2. The molecule has 1 aromatic carbocycles. The molecule has 1 aliphatic rings. The molecule has 3 aromatic rings. The van der Waals surface area contributed by atoms with Gasteiger partial charge in [-0.3, -0.25) is 15.0 Å². The average molecular weight is 396 g/mol. The van der Waals surface area contributed by atoms with Gasteiger partial charge in [0.2, 0.25) is 0 Å². The largest absolute Gasteiger partial charge is 0.298 e. The number of hydrogen-bond acceptors (Lipinski definition) is 5. The molecule has 2 atom stereocenters. The van der Waals surface area contributed by atoms with Gasteiger partial charge in [-0.25, -0.2) is 9.67 Å². The van der Waals surface area contributed by atoms with Gasteiger partial charge in [-0.05, 0) is 30.4 Å². The van der Waals surface area contributed by atoms with Crippen LogP contribution < -0.4 is 5.32 Å². The molecule has 0 aliphatic carbocycles. The molecule has 0 spiro atoms. The molecule has 0 unspecified atom stereocenters. The maximum Gasteiger partial charge on any atom is 0.260 e. The number of thiazole rings is 1. The number of nitrogens with one attached hydrogen (secondary N) is 1. The molecule has 28 heavy (non-hydrogen) atoms. The molecule has 6 nitrogen and oxygen atoms in total. The lowest BCUT2D eigenvalue weighted by Crippen LogP contribution is -2.38. The van der Waals surface area contributed by atoms with Gasteiger partial charge in [0, 0.05) is 31.2 Å². The van der Waals surface area contributed by atoms with Crippen LogP contribution in [0.4, 0.5) is 5.13 Å². The highest BCUT2D eigenvalue weighted by atomic mass is 32.1. The van der Waals surface area contributed by atoms with E-state index in [1.54, 1.807) is 17.1 Å². The van der Waals surface area contributed by atoms with E-state index in [1.807, 2.05) is 35.7 Å². The zero-order chi connectivity index (χ0) is 19.5. The van der Waals surface area contributed by atoms with E-state index in [2.05, 4.69) is 34.1 Å². The molecule has 3 heterocycles. The maximum absolute atomic E-state index is 12.5. The van der Waals surface area contributed by atoms with Crippen molar-refractivity contribution in [3.05, 3.63) is 59.4 Å². The third-order valence-corrected chi connectivity index (χ3v) is 5.77. The minimum Gasteiger partial charge on any atom is -0.298 e. The highest BCUT2D eigenvalue weighted by molar-refractivity contribution is 7.13. The molecule has 1 aliphatic heterocycles. The van der Waals surface area contributed by atoms with Crippen LogP contribution in [0.15, 0.2) is 48.1 Å². The second kappa shape index (κ2) is 8.24. The van der Waals surface area contributed by atoms with Gasteiger partial charge < -0.3 is 0 Å². The molecular formula is C21H25N5OS. The van der Waals surface area contributed by atoms with E-state index in [9.17, 15) is 4.79 Å². The zero-order valence-corrected chi connectivity index (χ0v) is 17.0. The van der Waals surface area contributed by atoms with Crippen LogP contribution in [0.3, 0.4) is 0 Å². The van der Waals surface area contributed by atoms with Crippen molar-refractivity contribution in [2.75, 3.05) is 18.4 Å². The fourth-order valence-electron chi connectivity index (χ4n) is 3.92. The highest BCUT2D eigenvalue weighted by Gasteiger charge is 2.22. The van der Waals surface area contributed by atoms with Gasteiger partial charge in [0.05, 0.1) is 23.1 Å². The summed E-state index contributed by atoms with van der Waals surface area (Å²) in [6, 6.07) is 9.73. The molecule has 146 valence electrons. The summed E-state index contributed by atoms with van der Waals surface area (Å²) < 4.78 is 1.70. The lowest BCUT2D eigenvalue weighted by atomic mass is 9.92. The Labute approximate surface area is 169 Å². The fraction of sp³-hybridized carbons (Fsp3) is 0.381. The molecule has 1 N–H and O–H groups in total. The lowest BCUT2D eigenvalue weighted by Gasteiger charge is -2.34. The van der Waals surface area contributed by atoms with Crippen LogP contribution >= 0.6 is 11.3 Å². The predicted molar refractivity (Wildman–Crippen MR) is 112 cm³/mol. The molecule has 4 rings (SSSR count). The van der Waals surface area contributed by atoms with E-state index < -0.39 is 0 Å². The van der Waals surface area contributed by atoms with Crippen molar-refractivity contribution in [1.82, 2.24) is 19.7 Å². The number of carbonyl (C=O) groups is 1. The molecule has 7 heteroatoms. The Morgan fingerprint density at radius 3 is 2.71 bits per heavy atom. The standard InChI is InChI=1S/C21H25N5OS/c1-15-8-16(2)11-25(10-15)13-18-14-28-21(23-18)24-20(27)17-9-22-26(12-17)19-6-4-3-5-7-19/h3-7,9,12,14-16H,8,10-11,13H2,1-2H3,(H,23,24,27)/t15-,16-/m0/s1. The van der Waals surface area contributed by atoms with E-state index in [4.69, 9.17) is 0 Å². The molecule has 2 aromatic heterocycles. The Morgan fingerprint density at radius 1 is 1.21 bits per heavy atom. The monoisotopic (exact) mass is 395 g/mol. The second-order valence-electron chi connectivity index (χ2n) is 7.75. The maximum atomic E-state index is 12.5. The summed E-state index contributed by atoms with van der Waals surface area (Å²) in [7, 11) is 0. The Kier molecular flexibility index (Phi) is 5.54. The minimum absolute atomic E-state index is 0.191. The summed E-state index contributed by atoms with van der Waals surface area (Å²) in [5.41, 5.74) is 2.45. The van der Waals surface area contributed by atoms with Crippen molar-refractivity contribution < 1.29 is 4.79 Å². The lowest BCUT2D eigenvalue weighted by molar-refractivity contribution is 0.102. The van der Waals surface area contributed by atoms with Gasteiger partial charge in [-0.1, -0.05) is 32.0 Å². The summed E-state index contributed by atoms with van der Waals surface area (Å²) >= 11 is 1.47. The van der Waals surface area contributed by atoms with E-state index in [1.165, 1.54) is 17.8 Å². The normalized spacial score (nSPS) is 20.2. The van der Waals surface area contributed by atoms with Gasteiger partial charge in [-0.2, -0.15) is 5.10 Å². The van der Waals surface area contributed by atoms with Crippen LogP contribution in [-0.4, -0.2) is 38.7 Å². The fourth-order valence-corrected chi connectivity index (χ4v) is 4.62. The molecule has 1 amide bonds. The first kappa shape index (κ1) is 18.8. The minimum atomic E-state index is -0.191. The van der Waals surface area contributed by atoms with E-state index in [0.29, 0.717) is 10.7 Å². The smallest absolute Gasteiger partial charge is 0.260 e. The summed E-state index contributed by atoms with van der Waals surface area (Å²) in [5.74, 6) is 1.26. The Hall–Kier alpha value is -2.51. The topological polar surface area (TPSA) is 63.1 Å². The SMILES string of the molecule is C[C@H]1C[C@H](C)CN(Cc2csc(NC(=O)c3cnn(-c4ccccc4)c3)n2)C1. The molecule has 0 saturated carbocycles. The van der Waals surface area contributed by atoms with Gasteiger partial charge in [0.1, 0.15) is 0 Å². The van der Waals surface area contributed by atoms with E-state index in [0.717, 1.165) is 42.9 Å². The first-order chi connectivity index (χ1) is 13.6. The Balaban J connectivity index is 1.37. The third-order valence-electron chi connectivity index (χ3n) is 4.97. The number of piperidine rings is 1. The molecule has 0 bridgehead atoms. The number of rotatable bonds is 5. The van der Waals surface area contributed by atoms with Crippen LogP contribution in [0, 0.1) is 11.8 Å². The second-order valence-corrected chi connectivity index (χ2v) is 8.61. The predicted octanol–water partition coefficient (Wildman–Crippen LogP) is 4.06. The van der Waals surface area contributed by atoms with Crippen molar-refractivity contribution in [2.45, 2.75) is 26.8 Å². The van der Waals surface area contributed by atoms with Crippen LogP contribution in [0.2, 0.25) is 0 Å². The van der Waals surface area contributed by atoms with Crippen molar-refractivity contribution in [2.24, 2.45) is 11.8 Å². The summed E-state index contributed by atoms with van der Waals surface area (Å²) in [6.07, 6.45) is 4.61.